The number of hydrogen-bond acceptors (Lipinski definition) is 4. The average molecular weight is 338 g/mol. The highest BCUT2D eigenvalue weighted by molar-refractivity contribution is 5.71. The molecule has 0 radical (unpaired) electrons. The molecule has 1 aliphatic rings. The summed E-state index contributed by atoms with van der Waals surface area (Å²) < 4.78 is 5.49. The van der Waals surface area contributed by atoms with Gasteiger partial charge in [0, 0.05) is 12.2 Å². The van der Waals surface area contributed by atoms with Gasteiger partial charge >= 0.3 is 5.97 Å². The summed E-state index contributed by atoms with van der Waals surface area (Å²) in [6.07, 6.45) is 5.09. The van der Waals surface area contributed by atoms with E-state index in [2.05, 4.69) is 29.8 Å². The summed E-state index contributed by atoms with van der Waals surface area (Å²) in [6, 6.07) is 14.4. The molecule has 0 saturated heterocycles. The standard InChI is InChI=1S/C21H26N2O2/c1-16(2)23(14-20(24)25-15-17-8-4-3-5-9-17)19-12-6-10-18-11-7-13-22-21(18)19/h3-5,7-9,11,13,16,19H,6,10,12,14-15H2,1-2H3. The zero-order chi connectivity index (χ0) is 17.6. The van der Waals surface area contributed by atoms with Crippen molar-refractivity contribution in [2.45, 2.75) is 51.8 Å². The van der Waals surface area contributed by atoms with Crippen molar-refractivity contribution in [3.05, 3.63) is 65.5 Å². The Morgan fingerprint density at radius 3 is 2.80 bits per heavy atom. The molecule has 0 saturated carbocycles. The molecule has 0 spiro atoms. The maximum absolute atomic E-state index is 12.4. The SMILES string of the molecule is CC(C)N(CC(=O)OCc1ccccc1)C1CCCc2cccnc21. The zero-order valence-electron chi connectivity index (χ0n) is 15.0. The molecule has 4 heteroatoms. The van der Waals surface area contributed by atoms with Crippen molar-refractivity contribution in [2.24, 2.45) is 0 Å². The fraction of sp³-hybridized carbons (Fsp3) is 0.429. The van der Waals surface area contributed by atoms with E-state index in [1.54, 1.807) is 0 Å². The molecule has 2 aromatic rings. The third-order valence-electron chi connectivity index (χ3n) is 4.78. The molecule has 0 aliphatic heterocycles. The number of ether oxygens (including phenoxy) is 1. The van der Waals surface area contributed by atoms with Gasteiger partial charge in [-0.05, 0) is 50.3 Å². The lowest BCUT2D eigenvalue weighted by molar-refractivity contribution is -0.147. The second-order valence-corrected chi connectivity index (χ2v) is 6.87. The van der Waals surface area contributed by atoms with Crippen molar-refractivity contribution in [3.8, 4) is 0 Å². The third kappa shape index (κ3) is 4.45. The highest BCUT2D eigenvalue weighted by atomic mass is 16.5. The minimum absolute atomic E-state index is 0.180. The van der Waals surface area contributed by atoms with Crippen molar-refractivity contribution >= 4 is 5.97 Å². The van der Waals surface area contributed by atoms with E-state index in [1.807, 2.05) is 42.6 Å². The van der Waals surface area contributed by atoms with E-state index in [1.165, 1.54) is 5.56 Å². The Morgan fingerprint density at radius 2 is 2.04 bits per heavy atom. The lowest BCUT2D eigenvalue weighted by atomic mass is 9.90. The molecule has 0 N–H and O–H groups in total. The van der Waals surface area contributed by atoms with Crippen molar-refractivity contribution in [3.63, 3.8) is 0 Å². The molecule has 1 heterocycles. The number of pyridine rings is 1. The minimum atomic E-state index is -0.180. The van der Waals surface area contributed by atoms with Gasteiger partial charge in [-0.3, -0.25) is 14.7 Å². The van der Waals surface area contributed by atoms with Crippen LogP contribution in [0.5, 0.6) is 0 Å². The Kier molecular flexibility index (Phi) is 5.82. The number of rotatable bonds is 6. The monoisotopic (exact) mass is 338 g/mol. The van der Waals surface area contributed by atoms with Gasteiger partial charge in [0.1, 0.15) is 6.61 Å². The van der Waals surface area contributed by atoms with Crippen molar-refractivity contribution in [1.82, 2.24) is 9.88 Å². The molecular formula is C21H26N2O2. The molecular weight excluding hydrogens is 312 g/mol. The van der Waals surface area contributed by atoms with Crippen LogP contribution in [-0.2, 0) is 22.6 Å². The molecule has 0 amide bonds. The highest BCUT2D eigenvalue weighted by Gasteiger charge is 2.30. The quantitative estimate of drug-likeness (QED) is 0.749. The smallest absolute Gasteiger partial charge is 0.320 e. The Morgan fingerprint density at radius 1 is 1.24 bits per heavy atom. The van der Waals surface area contributed by atoms with Crippen LogP contribution in [0.3, 0.4) is 0 Å². The van der Waals surface area contributed by atoms with Crippen LogP contribution in [0, 0.1) is 0 Å². The van der Waals surface area contributed by atoms with Gasteiger partial charge in [0.05, 0.1) is 18.3 Å². The minimum Gasteiger partial charge on any atom is -0.460 e. The Labute approximate surface area is 149 Å². The summed E-state index contributed by atoms with van der Waals surface area (Å²) in [4.78, 5) is 19.2. The van der Waals surface area contributed by atoms with Gasteiger partial charge in [-0.2, -0.15) is 0 Å². The van der Waals surface area contributed by atoms with Crippen LogP contribution in [0.4, 0.5) is 0 Å². The van der Waals surface area contributed by atoms with E-state index in [9.17, 15) is 4.79 Å². The van der Waals surface area contributed by atoms with Gasteiger partial charge in [-0.1, -0.05) is 36.4 Å². The van der Waals surface area contributed by atoms with Gasteiger partial charge in [0.2, 0.25) is 0 Å². The third-order valence-corrected chi connectivity index (χ3v) is 4.78. The number of nitrogens with zero attached hydrogens (tertiary/aromatic N) is 2. The maximum atomic E-state index is 12.4. The number of carbonyl (C=O) groups excluding carboxylic acids is 1. The molecule has 0 bridgehead atoms. The van der Waals surface area contributed by atoms with Crippen LogP contribution < -0.4 is 0 Å². The summed E-state index contributed by atoms with van der Waals surface area (Å²) >= 11 is 0. The second kappa shape index (κ2) is 8.26. The number of aromatic nitrogens is 1. The molecule has 1 aromatic heterocycles. The number of esters is 1. The number of carbonyl (C=O) groups is 1. The van der Waals surface area contributed by atoms with Crippen LogP contribution in [0.25, 0.3) is 0 Å². The van der Waals surface area contributed by atoms with E-state index >= 15 is 0 Å². The van der Waals surface area contributed by atoms with E-state index in [0.29, 0.717) is 13.2 Å². The van der Waals surface area contributed by atoms with E-state index in [0.717, 1.165) is 30.5 Å². The first-order valence-corrected chi connectivity index (χ1v) is 9.04. The molecule has 1 unspecified atom stereocenters. The Balaban J connectivity index is 1.67. The molecule has 1 aromatic carbocycles. The first kappa shape index (κ1) is 17.6. The van der Waals surface area contributed by atoms with Crippen molar-refractivity contribution in [2.75, 3.05) is 6.54 Å². The predicted octanol–water partition coefficient (Wildman–Crippen LogP) is 3.91. The van der Waals surface area contributed by atoms with Gasteiger partial charge < -0.3 is 4.74 Å². The van der Waals surface area contributed by atoms with E-state index < -0.39 is 0 Å². The van der Waals surface area contributed by atoms with Crippen molar-refractivity contribution < 1.29 is 9.53 Å². The lowest BCUT2D eigenvalue weighted by Crippen LogP contribution is -2.41. The Hall–Kier alpha value is -2.20. The van der Waals surface area contributed by atoms with Gasteiger partial charge in [0.25, 0.3) is 0 Å². The van der Waals surface area contributed by atoms with Crippen LogP contribution in [0.1, 0.15) is 49.6 Å². The first-order valence-electron chi connectivity index (χ1n) is 9.04. The fourth-order valence-corrected chi connectivity index (χ4v) is 3.49. The van der Waals surface area contributed by atoms with Crippen LogP contribution >= 0.6 is 0 Å². The molecule has 3 rings (SSSR count). The fourth-order valence-electron chi connectivity index (χ4n) is 3.49. The average Bonchev–Trinajstić information content (AvgIpc) is 2.65. The summed E-state index contributed by atoms with van der Waals surface area (Å²) in [5.41, 5.74) is 3.44. The summed E-state index contributed by atoms with van der Waals surface area (Å²) in [7, 11) is 0. The van der Waals surface area contributed by atoms with Crippen molar-refractivity contribution in [1.29, 1.82) is 0 Å². The highest BCUT2D eigenvalue weighted by Crippen LogP contribution is 2.33. The molecule has 132 valence electrons. The predicted molar refractivity (Wildman–Crippen MR) is 98.0 cm³/mol. The number of aryl methyl sites for hydroxylation is 1. The maximum Gasteiger partial charge on any atom is 0.320 e. The molecule has 1 aliphatic carbocycles. The van der Waals surface area contributed by atoms with E-state index in [-0.39, 0.29) is 18.1 Å². The summed E-state index contributed by atoms with van der Waals surface area (Å²) in [6.45, 7) is 4.87. The van der Waals surface area contributed by atoms with Crippen LogP contribution in [0.15, 0.2) is 48.7 Å². The molecule has 4 nitrogen and oxygen atoms in total. The normalized spacial score (nSPS) is 16.7. The van der Waals surface area contributed by atoms with Gasteiger partial charge in [0.15, 0.2) is 0 Å². The second-order valence-electron chi connectivity index (χ2n) is 6.87. The number of fused-ring (bicyclic) bond motifs is 1. The number of hydrogen-bond donors (Lipinski definition) is 0. The van der Waals surface area contributed by atoms with Crippen LogP contribution in [0.2, 0.25) is 0 Å². The van der Waals surface area contributed by atoms with E-state index in [4.69, 9.17) is 4.74 Å². The molecule has 0 fully saturated rings. The Bertz CT molecular complexity index is 700. The molecule has 25 heavy (non-hydrogen) atoms. The van der Waals surface area contributed by atoms with Gasteiger partial charge in [-0.25, -0.2) is 0 Å². The zero-order valence-corrected chi connectivity index (χ0v) is 15.0. The largest absolute Gasteiger partial charge is 0.460 e. The summed E-state index contributed by atoms with van der Waals surface area (Å²) in [5.74, 6) is -0.180. The summed E-state index contributed by atoms with van der Waals surface area (Å²) in [5, 5.41) is 0. The van der Waals surface area contributed by atoms with Crippen LogP contribution in [-0.4, -0.2) is 28.4 Å². The topological polar surface area (TPSA) is 42.4 Å². The first-order chi connectivity index (χ1) is 12.1. The van der Waals surface area contributed by atoms with Gasteiger partial charge in [-0.15, -0.1) is 0 Å². The lowest BCUT2D eigenvalue weighted by Gasteiger charge is -2.36. The molecule has 1 atom stereocenters. The number of benzene rings is 1.